The second-order valence-corrected chi connectivity index (χ2v) is 8.78. The molecule has 0 aromatic heterocycles. The molecule has 5 nitrogen and oxygen atoms in total. The molecule has 1 saturated heterocycles. The summed E-state index contributed by atoms with van der Waals surface area (Å²) in [4.78, 5) is 26.9. The van der Waals surface area contributed by atoms with Crippen LogP contribution in [0.4, 0.5) is 4.79 Å². The number of rotatable bonds is 5. The van der Waals surface area contributed by atoms with Gasteiger partial charge in [-0.05, 0) is 38.7 Å². The number of amides is 1. The van der Waals surface area contributed by atoms with E-state index in [4.69, 9.17) is 32.7 Å². The van der Waals surface area contributed by atoms with E-state index >= 15 is 0 Å². The van der Waals surface area contributed by atoms with Crippen molar-refractivity contribution in [1.29, 1.82) is 0 Å². The van der Waals surface area contributed by atoms with Crippen LogP contribution in [0.5, 0.6) is 5.75 Å². The highest BCUT2D eigenvalue weighted by molar-refractivity contribution is 6.42. The molecule has 7 heteroatoms. The summed E-state index contributed by atoms with van der Waals surface area (Å²) >= 11 is 12.2. The van der Waals surface area contributed by atoms with E-state index in [2.05, 4.69) is 6.58 Å². The predicted octanol–water partition coefficient (Wildman–Crippen LogP) is 4.85. The van der Waals surface area contributed by atoms with Crippen LogP contribution in [-0.2, 0) is 4.74 Å². The van der Waals surface area contributed by atoms with Gasteiger partial charge in [0.15, 0.2) is 5.78 Å². The third-order valence-corrected chi connectivity index (χ3v) is 5.52. The van der Waals surface area contributed by atoms with E-state index in [9.17, 15) is 9.59 Å². The van der Waals surface area contributed by atoms with Crippen LogP contribution in [0, 0.1) is 17.8 Å². The van der Waals surface area contributed by atoms with Crippen LogP contribution in [0.2, 0.25) is 10.0 Å². The van der Waals surface area contributed by atoms with Gasteiger partial charge >= 0.3 is 6.09 Å². The van der Waals surface area contributed by atoms with E-state index in [-0.39, 0.29) is 36.2 Å². The Balaban J connectivity index is 1.69. The first-order valence-electron chi connectivity index (χ1n) is 8.87. The van der Waals surface area contributed by atoms with Gasteiger partial charge in [-0.15, -0.1) is 0 Å². The minimum absolute atomic E-state index is 0.0218. The molecule has 1 aromatic carbocycles. The first-order chi connectivity index (χ1) is 12.6. The Morgan fingerprint density at radius 2 is 1.81 bits per heavy atom. The average molecular weight is 412 g/mol. The molecule has 1 aliphatic heterocycles. The SMILES string of the molecule is C=CCOc1cc(Cl)c(Cl)cc1C(=O)C1[C@H]2CN(C(=O)OC(C)(C)C)C[C@@H]12. The molecule has 1 heterocycles. The molecule has 27 heavy (non-hydrogen) atoms. The average Bonchev–Trinajstić information content (AvgIpc) is 3.06. The molecule has 1 amide bonds. The van der Waals surface area contributed by atoms with Crippen LogP contribution in [0.1, 0.15) is 31.1 Å². The van der Waals surface area contributed by atoms with E-state index in [1.165, 1.54) is 0 Å². The smallest absolute Gasteiger partial charge is 0.410 e. The summed E-state index contributed by atoms with van der Waals surface area (Å²) in [7, 11) is 0. The number of hydrogen-bond acceptors (Lipinski definition) is 4. The number of nitrogens with zero attached hydrogens (tertiary/aromatic N) is 1. The molecule has 1 aromatic rings. The molecule has 2 aliphatic rings. The van der Waals surface area contributed by atoms with Gasteiger partial charge in [-0.1, -0.05) is 35.9 Å². The Labute approximate surface area is 169 Å². The van der Waals surface area contributed by atoms with E-state index in [1.54, 1.807) is 23.1 Å². The fourth-order valence-corrected chi connectivity index (χ4v) is 3.88. The van der Waals surface area contributed by atoms with Gasteiger partial charge in [0.05, 0.1) is 15.6 Å². The zero-order chi connectivity index (χ0) is 19.9. The predicted molar refractivity (Wildman–Crippen MR) is 105 cm³/mol. The van der Waals surface area contributed by atoms with Crippen molar-refractivity contribution in [2.24, 2.45) is 17.8 Å². The molecule has 0 N–H and O–H groups in total. The molecule has 3 rings (SSSR count). The highest BCUT2D eigenvalue weighted by Crippen LogP contribution is 2.54. The molecule has 0 radical (unpaired) electrons. The maximum Gasteiger partial charge on any atom is 0.410 e. The van der Waals surface area contributed by atoms with Gasteiger partial charge in [0, 0.05) is 25.1 Å². The van der Waals surface area contributed by atoms with E-state index in [0.29, 0.717) is 34.4 Å². The number of Topliss-reactive ketones (excluding diaryl/α,β-unsaturated/α-hetero) is 1. The highest BCUT2D eigenvalue weighted by Gasteiger charge is 2.60. The van der Waals surface area contributed by atoms with Gasteiger partial charge in [0.2, 0.25) is 0 Å². The first kappa shape index (κ1) is 20.0. The van der Waals surface area contributed by atoms with Crippen molar-refractivity contribution in [3.8, 4) is 5.75 Å². The normalized spacial score (nSPS) is 23.6. The van der Waals surface area contributed by atoms with Gasteiger partial charge in [0.25, 0.3) is 0 Å². The summed E-state index contributed by atoms with van der Waals surface area (Å²) in [5.41, 5.74) is -0.106. The Kier molecular flexibility index (Phi) is 5.46. The largest absolute Gasteiger partial charge is 0.489 e. The van der Waals surface area contributed by atoms with Crippen LogP contribution in [0.3, 0.4) is 0 Å². The lowest BCUT2D eigenvalue weighted by molar-refractivity contribution is 0.0263. The molecule has 1 aliphatic carbocycles. The number of ketones is 1. The van der Waals surface area contributed by atoms with Gasteiger partial charge in [-0.2, -0.15) is 0 Å². The number of hydrogen-bond donors (Lipinski definition) is 0. The molecule has 146 valence electrons. The second kappa shape index (κ2) is 7.36. The van der Waals surface area contributed by atoms with Crippen molar-refractivity contribution in [2.45, 2.75) is 26.4 Å². The minimum Gasteiger partial charge on any atom is -0.489 e. The second-order valence-electron chi connectivity index (χ2n) is 7.97. The number of ether oxygens (including phenoxy) is 2. The maximum atomic E-state index is 13.0. The molecule has 0 bridgehead atoms. The van der Waals surface area contributed by atoms with Crippen molar-refractivity contribution in [2.75, 3.05) is 19.7 Å². The monoisotopic (exact) mass is 411 g/mol. The zero-order valence-electron chi connectivity index (χ0n) is 15.6. The summed E-state index contributed by atoms with van der Waals surface area (Å²) < 4.78 is 11.0. The van der Waals surface area contributed by atoms with E-state index in [1.807, 2.05) is 20.8 Å². The van der Waals surface area contributed by atoms with Gasteiger partial charge < -0.3 is 14.4 Å². The number of piperidine rings is 1. The van der Waals surface area contributed by atoms with E-state index in [0.717, 1.165) is 0 Å². The van der Waals surface area contributed by atoms with Crippen LogP contribution in [0.25, 0.3) is 0 Å². The van der Waals surface area contributed by atoms with Crippen molar-refractivity contribution < 1.29 is 19.1 Å². The number of carbonyl (C=O) groups is 2. The molecule has 1 unspecified atom stereocenters. The van der Waals surface area contributed by atoms with Gasteiger partial charge in [-0.3, -0.25) is 4.79 Å². The van der Waals surface area contributed by atoms with Gasteiger partial charge in [0.1, 0.15) is 18.0 Å². The van der Waals surface area contributed by atoms with Crippen LogP contribution in [0.15, 0.2) is 24.8 Å². The van der Waals surface area contributed by atoms with E-state index < -0.39 is 5.60 Å². The lowest BCUT2D eigenvalue weighted by Gasteiger charge is -2.25. The topological polar surface area (TPSA) is 55.8 Å². The summed E-state index contributed by atoms with van der Waals surface area (Å²) in [6.07, 6.45) is 1.27. The van der Waals surface area contributed by atoms with Crippen molar-refractivity contribution >= 4 is 35.1 Å². The molecular formula is C20H23Cl2NO4. The standard InChI is InChI=1S/C20H23Cl2NO4/c1-5-6-26-16-8-15(22)14(21)7-11(16)18(24)17-12-9-23(10-13(12)17)19(25)27-20(2,3)4/h5,7-8,12-13,17H,1,6,9-10H2,2-4H3/t12-,13+,17?. The quantitative estimate of drug-likeness (QED) is 0.512. The van der Waals surface area contributed by atoms with Crippen LogP contribution < -0.4 is 4.74 Å². The highest BCUT2D eigenvalue weighted by atomic mass is 35.5. The lowest BCUT2D eigenvalue weighted by Crippen LogP contribution is -2.37. The number of carbonyl (C=O) groups excluding carboxylic acids is 2. The van der Waals surface area contributed by atoms with Crippen molar-refractivity contribution in [1.82, 2.24) is 4.90 Å². The Morgan fingerprint density at radius 1 is 1.22 bits per heavy atom. The van der Waals surface area contributed by atoms with Crippen LogP contribution in [-0.4, -0.2) is 42.1 Å². The summed E-state index contributed by atoms with van der Waals surface area (Å²) in [5.74, 6) is 0.542. The van der Waals surface area contributed by atoms with Gasteiger partial charge in [-0.25, -0.2) is 4.79 Å². The molecule has 3 atom stereocenters. The zero-order valence-corrected chi connectivity index (χ0v) is 17.1. The maximum absolute atomic E-state index is 13.0. The molecule has 0 spiro atoms. The first-order valence-corrected chi connectivity index (χ1v) is 9.63. The van der Waals surface area contributed by atoms with Crippen molar-refractivity contribution in [3.63, 3.8) is 0 Å². The third kappa shape index (κ3) is 4.25. The Bertz CT molecular complexity index is 775. The van der Waals surface area contributed by atoms with Crippen LogP contribution >= 0.6 is 23.2 Å². The fraction of sp³-hybridized carbons (Fsp3) is 0.500. The Hall–Kier alpha value is -1.72. The third-order valence-electron chi connectivity index (χ3n) is 4.79. The number of fused-ring (bicyclic) bond motifs is 1. The fourth-order valence-electron chi connectivity index (χ4n) is 3.56. The number of likely N-dealkylation sites (tertiary alicyclic amines) is 1. The molecular weight excluding hydrogens is 389 g/mol. The summed E-state index contributed by atoms with van der Waals surface area (Å²) in [5, 5.41) is 0.645. The Morgan fingerprint density at radius 3 is 2.37 bits per heavy atom. The minimum atomic E-state index is -0.531. The number of benzene rings is 1. The molecule has 1 saturated carbocycles. The lowest BCUT2D eigenvalue weighted by atomic mass is 10.0. The summed E-state index contributed by atoms with van der Waals surface area (Å²) in [6.45, 7) is 10.4. The summed E-state index contributed by atoms with van der Waals surface area (Å²) in [6, 6.07) is 3.12. The molecule has 2 fully saturated rings. The number of halogens is 2. The van der Waals surface area contributed by atoms with Crippen molar-refractivity contribution in [3.05, 3.63) is 40.4 Å².